The van der Waals surface area contributed by atoms with Crippen LogP contribution in [0, 0.1) is 5.92 Å². The number of hydrogen-bond donors (Lipinski definition) is 4. The molecule has 3 aliphatic rings. The normalized spacial score (nSPS) is 36.3. The van der Waals surface area contributed by atoms with E-state index < -0.39 is 12.5 Å². The van der Waals surface area contributed by atoms with Crippen LogP contribution < -0.4 is 10.9 Å². The van der Waals surface area contributed by atoms with Crippen molar-refractivity contribution in [1.82, 2.24) is 15.8 Å². The molecule has 6 nitrogen and oxygen atoms in total. The molecule has 3 rings (SSSR count). The summed E-state index contributed by atoms with van der Waals surface area (Å²) in [6.07, 6.45) is 10.3. The Morgan fingerprint density at radius 1 is 1.04 bits per heavy atom. The van der Waals surface area contributed by atoms with E-state index in [9.17, 15) is 10.2 Å². The summed E-state index contributed by atoms with van der Waals surface area (Å²) in [4.78, 5) is 2.67. The summed E-state index contributed by atoms with van der Waals surface area (Å²) >= 11 is 3.71. The van der Waals surface area contributed by atoms with Crippen LogP contribution in [0.25, 0.3) is 0 Å². The van der Waals surface area contributed by atoms with Gasteiger partial charge in [-0.3, -0.25) is 10.3 Å². The smallest absolute Gasteiger partial charge is 0.171 e. The van der Waals surface area contributed by atoms with Crippen LogP contribution in [0.5, 0.6) is 0 Å². The number of aliphatic hydroxyl groups is 2. The van der Waals surface area contributed by atoms with Crippen LogP contribution in [-0.2, 0) is 4.74 Å². The Morgan fingerprint density at radius 3 is 2.42 bits per heavy atom. The molecule has 0 aromatic heterocycles. The lowest BCUT2D eigenvalue weighted by Crippen LogP contribution is -2.46. The third-order valence-corrected chi connectivity index (χ3v) is 7.53. The Bertz CT molecular complexity index is 417. The topological polar surface area (TPSA) is 77.0 Å². The molecule has 0 bridgehead atoms. The van der Waals surface area contributed by atoms with E-state index in [1.165, 1.54) is 44.9 Å². The van der Waals surface area contributed by atoms with Gasteiger partial charge in [0.15, 0.2) is 6.29 Å². The molecule has 1 heterocycles. The van der Waals surface area contributed by atoms with Gasteiger partial charge in [-0.05, 0) is 57.9 Å². The first-order chi connectivity index (χ1) is 12.5. The molecule has 1 saturated heterocycles. The Morgan fingerprint density at radius 2 is 1.73 bits per heavy atom. The molecule has 1 aliphatic heterocycles. The number of likely N-dealkylation sites (N-methyl/N-ethyl adjacent to an activating group) is 1. The number of nitrogens with one attached hydrogen (secondary N) is 2. The van der Waals surface area contributed by atoms with E-state index in [-0.39, 0.29) is 12.6 Å². The second-order valence-corrected chi connectivity index (χ2v) is 9.71. The van der Waals surface area contributed by atoms with Gasteiger partial charge in [-0.1, -0.05) is 35.2 Å². The maximum atomic E-state index is 10.4. The van der Waals surface area contributed by atoms with Crippen molar-refractivity contribution in [3.05, 3.63) is 0 Å². The van der Waals surface area contributed by atoms with Crippen molar-refractivity contribution in [3.63, 3.8) is 0 Å². The minimum absolute atomic E-state index is 0.117. The van der Waals surface area contributed by atoms with Gasteiger partial charge < -0.3 is 14.9 Å². The van der Waals surface area contributed by atoms with Gasteiger partial charge in [-0.2, -0.15) is 0 Å². The first-order valence-corrected chi connectivity index (χ1v) is 11.3. The second kappa shape index (κ2) is 10.1. The van der Waals surface area contributed by atoms with Crippen molar-refractivity contribution < 1.29 is 14.9 Å². The van der Waals surface area contributed by atoms with Gasteiger partial charge in [0, 0.05) is 16.9 Å². The molecular formula is C19H36BrN3O3. The molecule has 0 amide bonds. The maximum Gasteiger partial charge on any atom is 0.171 e. The Hall–Kier alpha value is 0.240. The summed E-state index contributed by atoms with van der Waals surface area (Å²) in [6, 6.07) is 0.710. The monoisotopic (exact) mass is 433 g/mol. The molecule has 4 N–H and O–H groups in total. The third kappa shape index (κ3) is 5.63. The minimum atomic E-state index is -0.894. The number of rotatable bonds is 7. The Labute approximate surface area is 166 Å². The molecule has 0 radical (unpaired) electrons. The second-order valence-electron chi connectivity index (χ2n) is 8.41. The van der Waals surface area contributed by atoms with Gasteiger partial charge in [0.25, 0.3) is 0 Å². The number of nitrogens with zero attached hydrogens (tertiary/aromatic N) is 1. The first-order valence-electron chi connectivity index (χ1n) is 10.4. The van der Waals surface area contributed by atoms with Gasteiger partial charge in [0.2, 0.25) is 0 Å². The lowest BCUT2D eigenvalue weighted by atomic mass is 9.82. The Kier molecular flexibility index (Phi) is 8.18. The standard InChI is InChI=1S/C19H36BrN3O3/c1-23(15-5-3-2-4-6-15)18(24)12-26-19(25)17-11-16(21-22-17)13-7-9-14(20)10-8-13/h13-19,21-22,24-25H,2-12H2,1H3. The zero-order valence-electron chi connectivity index (χ0n) is 15.9. The van der Waals surface area contributed by atoms with Crippen LogP contribution >= 0.6 is 15.9 Å². The van der Waals surface area contributed by atoms with E-state index in [2.05, 4.69) is 26.8 Å². The predicted molar refractivity (Wildman–Crippen MR) is 106 cm³/mol. The molecule has 7 heteroatoms. The lowest BCUT2D eigenvalue weighted by molar-refractivity contribution is -0.162. The highest BCUT2D eigenvalue weighted by Gasteiger charge is 2.36. The van der Waals surface area contributed by atoms with Crippen LogP contribution in [-0.4, -0.2) is 64.2 Å². The number of hydrazine groups is 1. The number of hydrogen-bond acceptors (Lipinski definition) is 6. The van der Waals surface area contributed by atoms with Crippen molar-refractivity contribution in [2.45, 2.75) is 99.7 Å². The summed E-state index contributed by atoms with van der Waals surface area (Å²) in [7, 11) is 1.96. The molecule has 4 unspecified atom stereocenters. The maximum absolute atomic E-state index is 10.4. The van der Waals surface area contributed by atoms with Gasteiger partial charge in [0.1, 0.15) is 6.23 Å². The molecule has 2 aliphatic carbocycles. The highest BCUT2D eigenvalue weighted by molar-refractivity contribution is 9.09. The molecule has 4 atom stereocenters. The first kappa shape index (κ1) is 21.0. The number of halogens is 1. The summed E-state index contributed by atoms with van der Waals surface area (Å²) in [6.45, 7) is 0.145. The van der Waals surface area contributed by atoms with Crippen LogP contribution in [0.1, 0.15) is 64.2 Å². The summed E-state index contributed by atoms with van der Waals surface area (Å²) in [5.41, 5.74) is 6.56. The zero-order valence-corrected chi connectivity index (χ0v) is 17.5. The van der Waals surface area contributed by atoms with E-state index >= 15 is 0 Å². The fourth-order valence-corrected chi connectivity index (χ4v) is 5.26. The minimum Gasteiger partial charge on any atom is -0.376 e. The number of ether oxygens (including phenoxy) is 1. The third-order valence-electron chi connectivity index (χ3n) is 6.61. The largest absolute Gasteiger partial charge is 0.376 e. The van der Waals surface area contributed by atoms with Crippen molar-refractivity contribution in [2.24, 2.45) is 5.92 Å². The summed E-state index contributed by atoms with van der Waals surface area (Å²) in [5.74, 6) is 0.663. The number of alkyl halides is 1. The Balaban J connectivity index is 1.37. The molecule has 152 valence electrons. The van der Waals surface area contributed by atoms with E-state index in [1.807, 2.05) is 11.9 Å². The molecule has 0 aromatic carbocycles. The molecule has 3 fully saturated rings. The van der Waals surface area contributed by atoms with E-state index in [0.717, 1.165) is 19.3 Å². The van der Waals surface area contributed by atoms with Crippen molar-refractivity contribution >= 4 is 15.9 Å². The average molecular weight is 434 g/mol. The van der Waals surface area contributed by atoms with E-state index in [4.69, 9.17) is 4.74 Å². The average Bonchev–Trinajstić information content (AvgIpc) is 3.16. The van der Waals surface area contributed by atoms with Gasteiger partial charge >= 0.3 is 0 Å². The molecule has 2 saturated carbocycles. The van der Waals surface area contributed by atoms with Crippen molar-refractivity contribution in [1.29, 1.82) is 0 Å². The fourth-order valence-electron chi connectivity index (χ4n) is 4.73. The quantitative estimate of drug-likeness (QED) is 0.363. The van der Waals surface area contributed by atoms with Gasteiger partial charge in [0.05, 0.1) is 12.6 Å². The van der Waals surface area contributed by atoms with Crippen LogP contribution in [0.2, 0.25) is 0 Å². The zero-order chi connectivity index (χ0) is 18.5. The summed E-state index contributed by atoms with van der Waals surface area (Å²) in [5, 5.41) is 20.8. The molecule has 26 heavy (non-hydrogen) atoms. The molecular weight excluding hydrogens is 398 g/mol. The van der Waals surface area contributed by atoms with Crippen LogP contribution in [0.3, 0.4) is 0 Å². The van der Waals surface area contributed by atoms with Gasteiger partial charge in [-0.25, -0.2) is 5.43 Å². The van der Waals surface area contributed by atoms with Crippen LogP contribution in [0.4, 0.5) is 0 Å². The van der Waals surface area contributed by atoms with Gasteiger partial charge in [-0.15, -0.1) is 0 Å². The predicted octanol–water partition coefficient (Wildman–Crippen LogP) is 2.09. The lowest BCUT2D eigenvalue weighted by Gasteiger charge is -2.35. The highest BCUT2D eigenvalue weighted by atomic mass is 79.9. The molecule has 0 aromatic rings. The number of aliphatic hydroxyl groups excluding tert-OH is 2. The van der Waals surface area contributed by atoms with E-state index in [0.29, 0.717) is 22.8 Å². The molecule has 0 spiro atoms. The van der Waals surface area contributed by atoms with Crippen LogP contribution in [0.15, 0.2) is 0 Å². The fraction of sp³-hybridized carbons (Fsp3) is 1.00. The summed E-state index contributed by atoms with van der Waals surface area (Å²) < 4.78 is 5.61. The van der Waals surface area contributed by atoms with Crippen molar-refractivity contribution in [3.8, 4) is 0 Å². The SMILES string of the molecule is CN(C(O)COC(O)C1CC(C2CCC(Br)CC2)NN1)C1CCCCC1. The highest BCUT2D eigenvalue weighted by Crippen LogP contribution is 2.33. The van der Waals surface area contributed by atoms with E-state index in [1.54, 1.807) is 0 Å². The van der Waals surface area contributed by atoms with Crippen molar-refractivity contribution in [2.75, 3.05) is 13.7 Å².